The van der Waals surface area contributed by atoms with Crippen molar-refractivity contribution < 1.29 is 17.6 Å². The minimum absolute atomic E-state index is 0.0126. The first-order valence-corrected chi connectivity index (χ1v) is 9.83. The molecule has 2 heterocycles. The smallest absolute Gasteiger partial charge is 0.262 e. The zero-order valence-electron chi connectivity index (χ0n) is 14.1. The SMILES string of the molecule is Cn1cnc(S(=O)(=O)N2CCCN(C(=O)c3ccc(F)cc3Cl)CC2)c1. The van der Waals surface area contributed by atoms with Crippen LogP contribution in [0.1, 0.15) is 16.8 Å². The third kappa shape index (κ3) is 3.74. The van der Waals surface area contributed by atoms with Crippen LogP contribution >= 0.6 is 11.6 Å². The normalized spacial score (nSPS) is 16.5. The van der Waals surface area contributed by atoms with Gasteiger partial charge in [0.1, 0.15) is 5.82 Å². The summed E-state index contributed by atoms with van der Waals surface area (Å²) in [6.07, 6.45) is 3.36. The van der Waals surface area contributed by atoms with Crippen LogP contribution in [-0.4, -0.2) is 59.3 Å². The summed E-state index contributed by atoms with van der Waals surface area (Å²) in [4.78, 5) is 18.1. The van der Waals surface area contributed by atoms with Gasteiger partial charge in [-0.15, -0.1) is 0 Å². The lowest BCUT2D eigenvalue weighted by molar-refractivity contribution is 0.0764. The van der Waals surface area contributed by atoms with Crippen LogP contribution in [0.4, 0.5) is 4.39 Å². The Hall–Kier alpha value is -1.97. The number of aromatic nitrogens is 2. The number of halogens is 2. The number of hydrogen-bond donors (Lipinski definition) is 0. The molecule has 26 heavy (non-hydrogen) atoms. The molecule has 2 aromatic rings. The maximum absolute atomic E-state index is 13.2. The van der Waals surface area contributed by atoms with E-state index < -0.39 is 15.8 Å². The van der Waals surface area contributed by atoms with Crippen LogP contribution in [0.3, 0.4) is 0 Å². The number of benzene rings is 1. The predicted octanol–water partition coefficient (Wildman–Crippen LogP) is 1.75. The average molecular weight is 401 g/mol. The minimum Gasteiger partial charge on any atom is -0.339 e. The molecule has 0 N–H and O–H groups in total. The first-order chi connectivity index (χ1) is 12.3. The summed E-state index contributed by atoms with van der Waals surface area (Å²) in [6.45, 7) is 1.06. The summed E-state index contributed by atoms with van der Waals surface area (Å²) >= 11 is 5.96. The Balaban J connectivity index is 1.75. The molecule has 0 unspecified atom stereocenters. The Morgan fingerprint density at radius 2 is 2.00 bits per heavy atom. The number of carbonyl (C=O) groups is 1. The Bertz CT molecular complexity index is 931. The molecule has 1 aromatic heterocycles. The zero-order valence-corrected chi connectivity index (χ0v) is 15.7. The van der Waals surface area contributed by atoms with E-state index in [0.717, 1.165) is 6.07 Å². The fraction of sp³-hybridized carbons (Fsp3) is 0.375. The maximum atomic E-state index is 13.2. The Labute approximate surface area is 156 Å². The third-order valence-corrected chi connectivity index (χ3v) is 6.29. The molecule has 0 saturated carbocycles. The molecule has 7 nitrogen and oxygen atoms in total. The minimum atomic E-state index is -3.70. The van der Waals surface area contributed by atoms with Crippen LogP contribution in [0.2, 0.25) is 5.02 Å². The van der Waals surface area contributed by atoms with Crippen LogP contribution in [0.5, 0.6) is 0 Å². The van der Waals surface area contributed by atoms with Gasteiger partial charge >= 0.3 is 0 Å². The fourth-order valence-electron chi connectivity index (χ4n) is 2.82. The molecule has 1 saturated heterocycles. The van der Waals surface area contributed by atoms with Gasteiger partial charge in [-0.2, -0.15) is 4.31 Å². The van der Waals surface area contributed by atoms with Gasteiger partial charge in [-0.3, -0.25) is 4.79 Å². The van der Waals surface area contributed by atoms with E-state index in [0.29, 0.717) is 19.5 Å². The summed E-state index contributed by atoms with van der Waals surface area (Å²) in [7, 11) is -2.01. The van der Waals surface area contributed by atoms with E-state index in [1.807, 2.05) is 0 Å². The quantitative estimate of drug-likeness (QED) is 0.786. The van der Waals surface area contributed by atoms with Crippen LogP contribution in [-0.2, 0) is 17.1 Å². The Kier molecular flexibility index (Phi) is 5.31. The van der Waals surface area contributed by atoms with Crippen molar-refractivity contribution in [1.29, 1.82) is 0 Å². The van der Waals surface area contributed by atoms with Gasteiger partial charge < -0.3 is 9.47 Å². The van der Waals surface area contributed by atoms with E-state index >= 15 is 0 Å². The van der Waals surface area contributed by atoms with Crippen molar-refractivity contribution in [3.63, 3.8) is 0 Å². The largest absolute Gasteiger partial charge is 0.339 e. The van der Waals surface area contributed by atoms with Crippen molar-refractivity contribution >= 4 is 27.5 Å². The second-order valence-electron chi connectivity index (χ2n) is 6.05. The maximum Gasteiger partial charge on any atom is 0.262 e. The second kappa shape index (κ2) is 7.34. The van der Waals surface area contributed by atoms with Gasteiger partial charge in [0, 0.05) is 39.4 Å². The molecular weight excluding hydrogens is 383 g/mol. The Morgan fingerprint density at radius 3 is 2.65 bits per heavy atom. The number of imidazole rings is 1. The molecule has 10 heteroatoms. The molecule has 1 aromatic carbocycles. The number of nitrogens with zero attached hydrogens (tertiary/aromatic N) is 4. The molecule has 1 aliphatic heterocycles. The van der Waals surface area contributed by atoms with Crippen molar-refractivity contribution in [3.05, 3.63) is 47.1 Å². The van der Waals surface area contributed by atoms with Crippen LogP contribution in [0, 0.1) is 5.82 Å². The average Bonchev–Trinajstić information content (AvgIpc) is 2.88. The zero-order chi connectivity index (χ0) is 18.9. The number of rotatable bonds is 3. The first kappa shape index (κ1) is 18.8. The van der Waals surface area contributed by atoms with E-state index in [2.05, 4.69) is 4.98 Å². The highest BCUT2D eigenvalue weighted by atomic mass is 35.5. The highest BCUT2D eigenvalue weighted by Crippen LogP contribution is 2.21. The lowest BCUT2D eigenvalue weighted by Crippen LogP contribution is -2.37. The molecule has 0 aliphatic carbocycles. The highest BCUT2D eigenvalue weighted by Gasteiger charge is 2.30. The van der Waals surface area contributed by atoms with Crippen molar-refractivity contribution in [2.24, 2.45) is 7.05 Å². The highest BCUT2D eigenvalue weighted by molar-refractivity contribution is 7.89. The lowest BCUT2D eigenvalue weighted by atomic mass is 10.2. The van der Waals surface area contributed by atoms with Gasteiger partial charge in [0.05, 0.1) is 16.9 Å². The first-order valence-electron chi connectivity index (χ1n) is 8.01. The molecular formula is C16H18ClFN4O3S. The van der Waals surface area contributed by atoms with Gasteiger partial charge in [-0.05, 0) is 24.6 Å². The van der Waals surface area contributed by atoms with E-state index in [1.165, 1.54) is 33.9 Å². The van der Waals surface area contributed by atoms with Gasteiger partial charge in [-0.1, -0.05) is 11.6 Å². The van der Waals surface area contributed by atoms with Gasteiger partial charge in [-0.25, -0.2) is 17.8 Å². The van der Waals surface area contributed by atoms with Crippen molar-refractivity contribution in [3.8, 4) is 0 Å². The second-order valence-corrected chi connectivity index (χ2v) is 8.34. The number of hydrogen-bond acceptors (Lipinski definition) is 4. The summed E-state index contributed by atoms with van der Waals surface area (Å²) in [6, 6.07) is 3.60. The summed E-state index contributed by atoms with van der Waals surface area (Å²) < 4.78 is 41.4. The number of sulfonamides is 1. The molecule has 1 aliphatic rings. The Morgan fingerprint density at radius 1 is 1.23 bits per heavy atom. The summed E-state index contributed by atoms with van der Waals surface area (Å²) in [5.41, 5.74) is 0.203. The van der Waals surface area contributed by atoms with E-state index in [9.17, 15) is 17.6 Å². The van der Waals surface area contributed by atoms with Crippen molar-refractivity contribution in [1.82, 2.24) is 18.8 Å². The number of amides is 1. The number of aryl methyl sites for hydroxylation is 1. The van der Waals surface area contributed by atoms with Crippen molar-refractivity contribution in [2.75, 3.05) is 26.2 Å². The van der Waals surface area contributed by atoms with Crippen LogP contribution in [0.25, 0.3) is 0 Å². The lowest BCUT2D eigenvalue weighted by Gasteiger charge is -2.22. The third-order valence-electron chi connectivity index (χ3n) is 4.19. The topological polar surface area (TPSA) is 75.5 Å². The van der Waals surface area contributed by atoms with E-state index in [4.69, 9.17) is 11.6 Å². The molecule has 1 fully saturated rings. The molecule has 3 rings (SSSR count). The standard InChI is InChI=1S/C16H18ClFN4O3S/c1-20-10-15(19-11-20)26(24,25)22-6-2-5-21(7-8-22)16(23)13-4-3-12(18)9-14(13)17/h3-4,9-11H,2,5-8H2,1H3. The predicted molar refractivity (Wildman–Crippen MR) is 93.9 cm³/mol. The monoisotopic (exact) mass is 400 g/mol. The van der Waals surface area contributed by atoms with Gasteiger partial charge in [0.15, 0.2) is 5.03 Å². The molecule has 1 amide bonds. The molecule has 0 spiro atoms. The number of carbonyl (C=O) groups excluding carboxylic acids is 1. The van der Waals surface area contributed by atoms with Crippen LogP contribution in [0.15, 0.2) is 35.7 Å². The van der Waals surface area contributed by atoms with E-state index in [-0.39, 0.29) is 34.6 Å². The summed E-state index contributed by atoms with van der Waals surface area (Å²) in [5, 5.41) is 0.0264. The van der Waals surface area contributed by atoms with Gasteiger partial charge in [0.25, 0.3) is 15.9 Å². The van der Waals surface area contributed by atoms with E-state index in [1.54, 1.807) is 11.6 Å². The fourth-order valence-corrected chi connectivity index (χ4v) is 4.51. The summed E-state index contributed by atoms with van der Waals surface area (Å²) in [5.74, 6) is -0.859. The van der Waals surface area contributed by atoms with Gasteiger partial charge in [0.2, 0.25) is 0 Å². The molecule has 0 bridgehead atoms. The molecule has 140 valence electrons. The molecule has 0 atom stereocenters. The van der Waals surface area contributed by atoms with Crippen LogP contribution < -0.4 is 0 Å². The molecule has 0 radical (unpaired) electrons. The van der Waals surface area contributed by atoms with Crippen molar-refractivity contribution in [2.45, 2.75) is 11.4 Å².